The largest absolute Gasteiger partial charge is 0.481 e. The standard InChI is InChI=1S/C18H24O5/c1-17(8-7-15(22)23)13(20)5-3-10-11-4-6-14(21)18(11,2)9-12(19)16(10)17/h10-11,16H,3-9H2,1-2H3,(H,22,23)/t10?,11-,16+,17-,18-/m0/s1. The SMILES string of the molecule is C[C@]1(CCC(=O)O)C(=O)CCC2[C@@H]1C(=O)C[C@]1(C)C(=O)CC[C@@H]21. The van der Waals surface area contributed by atoms with Gasteiger partial charge in [-0.2, -0.15) is 0 Å². The summed E-state index contributed by atoms with van der Waals surface area (Å²) in [6.07, 6.45) is 2.71. The van der Waals surface area contributed by atoms with Crippen LogP contribution in [0.3, 0.4) is 0 Å². The van der Waals surface area contributed by atoms with Gasteiger partial charge in [0.25, 0.3) is 0 Å². The van der Waals surface area contributed by atoms with Crippen LogP contribution in [0.1, 0.15) is 58.8 Å². The molecule has 5 atom stereocenters. The summed E-state index contributed by atoms with van der Waals surface area (Å²) in [5.41, 5.74) is -1.45. The second kappa shape index (κ2) is 5.25. The van der Waals surface area contributed by atoms with Gasteiger partial charge in [0, 0.05) is 42.4 Å². The average Bonchev–Trinajstić information content (AvgIpc) is 2.76. The van der Waals surface area contributed by atoms with E-state index < -0.39 is 22.7 Å². The third kappa shape index (κ3) is 2.27. The molecule has 0 aliphatic heterocycles. The van der Waals surface area contributed by atoms with Crippen molar-refractivity contribution in [2.45, 2.75) is 58.8 Å². The number of carboxylic acid groups (broad SMARTS) is 1. The van der Waals surface area contributed by atoms with E-state index in [2.05, 4.69) is 0 Å². The van der Waals surface area contributed by atoms with Crippen molar-refractivity contribution < 1.29 is 24.3 Å². The molecule has 0 amide bonds. The number of ketones is 3. The Labute approximate surface area is 135 Å². The highest BCUT2D eigenvalue weighted by atomic mass is 16.4. The number of Topliss-reactive ketones (excluding diaryl/α,β-unsaturated/α-hetero) is 3. The first-order valence-electron chi connectivity index (χ1n) is 8.51. The van der Waals surface area contributed by atoms with Gasteiger partial charge < -0.3 is 5.11 Å². The number of carbonyl (C=O) groups excluding carboxylic acids is 3. The van der Waals surface area contributed by atoms with Gasteiger partial charge in [-0.1, -0.05) is 13.8 Å². The van der Waals surface area contributed by atoms with E-state index in [1.807, 2.05) is 6.92 Å². The molecule has 0 radical (unpaired) electrons. The lowest BCUT2D eigenvalue weighted by atomic mass is 9.48. The quantitative estimate of drug-likeness (QED) is 0.862. The highest BCUT2D eigenvalue weighted by Gasteiger charge is 2.62. The van der Waals surface area contributed by atoms with Crippen LogP contribution in [-0.2, 0) is 19.2 Å². The molecular formula is C18H24O5. The van der Waals surface area contributed by atoms with Crippen LogP contribution >= 0.6 is 0 Å². The number of hydrogen-bond acceptors (Lipinski definition) is 4. The zero-order chi connectivity index (χ0) is 17.0. The van der Waals surface area contributed by atoms with E-state index in [-0.39, 0.29) is 48.4 Å². The smallest absolute Gasteiger partial charge is 0.303 e. The van der Waals surface area contributed by atoms with Crippen LogP contribution in [0.2, 0.25) is 0 Å². The summed E-state index contributed by atoms with van der Waals surface area (Å²) in [6.45, 7) is 3.68. The van der Waals surface area contributed by atoms with Crippen molar-refractivity contribution in [1.29, 1.82) is 0 Å². The maximum Gasteiger partial charge on any atom is 0.303 e. The Kier molecular flexibility index (Phi) is 3.73. The van der Waals surface area contributed by atoms with E-state index in [1.165, 1.54) is 0 Å². The zero-order valence-corrected chi connectivity index (χ0v) is 13.8. The van der Waals surface area contributed by atoms with Crippen LogP contribution in [0, 0.1) is 28.6 Å². The molecule has 3 saturated carbocycles. The lowest BCUT2D eigenvalue weighted by Crippen LogP contribution is -2.56. The predicted molar refractivity (Wildman–Crippen MR) is 81.7 cm³/mol. The minimum absolute atomic E-state index is 0.00932. The summed E-state index contributed by atoms with van der Waals surface area (Å²) < 4.78 is 0. The Hall–Kier alpha value is -1.52. The molecule has 0 spiro atoms. The van der Waals surface area contributed by atoms with E-state index in [9.17, 15) is 19.2 Å². The Balaban J connectivity index is 1.96. The maximum absolute atomic E-state index is 12.9. The summed E-state index contributed by atoms with van der Waals surface area (Å²) in [6, 6.07) is 0. The zero-order valence-electron chi connectivity index (χ0n) is 13.8. The number of hydrogen-bond donors (Lipinski definition) is 1. The second-order valence-corrected chi connectivity index (χ2v) is 8.04. The van der Waals surface area contributed by atoms with Crippen LogP contribution in [-0.4, -0.2) is 28.4 Å². The molecule has 0 aromatic rings. The fourth-order valence-corrected chi connectivity index (χ4v) is 5.57. The van der Waals surface area contributed by atoms with Crippen molar-refractivity contribution in [2.75, 3.05) is 0 Å². The summed E-state index contributed by atoms with van der Waals surface area (Å²) >= 11 is 0. The van der Waals surface area contributed by atoms with E-state index in [0.29, 0.717) is 19.3 Å². The van der Waals surface area contributed by atoms with Gasteiger partial charge in [-0.05, 0) is 31.1 Å². The van der Waals surface area contributed by atoms with Crippen molar-refractivity contribution in [3.63, 3.8) is 0 Å². The van der Waals surface area contributed by atoms with Crippen molar-refractivity contribution >= 4 is 23.3 Å². The molecule has 5 heteroatoms. The molecule has 0 heterocycles. The van der Waals surface area contributed by atoms with E-state index >= 15 is 0 Å². The van der Waals surface area contributed by atoms with Crippen molar-refractivity contribution in [1.82, 2.24) is 0 Å². The molecular weight excluding hydrogens is 296 g/mol. The maximum atomic E-state index is 12.9. The van der Waals surface area contributed by atoms with Crippen LogP contribution in [0.15, 0.2) is 0 Å². The molecule has 1 N–H and O–H groups in total. The van der Waals surface area contributed by atoms with Gasteiger partial charge >= 0.3 is 5.97 Å². The number of aliphatic carboxylic acids is 1. The molecule has 23 heavy (non-hydrogen) atoms. The average molecular weight is 320 g/mol. The first-order valence-corrected chi connectivity index (χ1v) is 8.51. The topological polar surface area (TPSA) is 88.5 Å². The second-order valence-electron chi connectivity index (χ2n) is 8.04. The number of carboxylic acids is 1. The highest BCUT2D eigenvalue weighted by molar-refractivity contribution is 5.99. The molecule has 3 rings (SSSR count). The van der Waals surface area contributed by atoms with Gasteiger partial charge in [-0.15, -0.1) is 0 Å². The van der Waals surface area contributed by atoms with Crippen molar-refractivity contribution in [3.05, 3.63) is 0 Å². The Morgan fingerprint density at radius 3 is 2.43 bits per heavy atom. The van der Waals surface area contributed by atoms with Gasteiger partial charge in [-0.25, -0.2) is 0 Å². The molecule has 0 bridgehead atoms. The molecule has 5 nitrogen and oxygen atoms in total. The Morgan fingerprint density at radius 2 is 1.78 bits per heavy atom. The van der Waals surface area contributed by atoms with Crippen LogP contribution in [0.25, 0.3) is 0 Å². The van der Waals surface area contributed by atoms with Crippen molar-refractivity contribution in [2.24, 2.45) is 28.6 Å². The molecule has 0 saturated heterocycles. The first-order chi connectivity index (χ1) is 10.7. The summed E-state index contributed by atoms with van der Waals surface area (Å²) in [7, 11) is 0. The van der Waals surface area contributed by atoms with Gasteiger partial charge in [0.05, 0.1) is 0 Å². The third-order valence-corrected chi connectivity index (χ3v) is 6.86. The number of fused-ring (bicyclic) bond motifs is 3. The molecule has 3 aliphatic rings. The molecule has 3 fully saturated rings. The molecule has 126 valence electrons. The lowest BCUT2D eigenvalue weighted by Gasteiger charge is -2.52. The fourth-order valence-electron chi connectivity index (χ4n) is 5.57. The Bertz CT molecular complexity index is 594. The number of carbonyl (C=O) groups is 4. The van der Waals surface area contributed by atoms with Gasteiger partial charge in [0.15, 0.2) is 0 Å². The fraction of sp³-hybridized carbons (Fsp3) is 0.778. The van der Waals surface area contributed by atoms with Crippen molar-refractivity contribution in [3.8, 4) is 0 Å². The van der Waals surface area contributed by atoms with E-state index in [0.717, 1.165) is 6.42 Å². The first kappa shape index (κ1) is 16.3. The Morgan fingerprint density at radius 1 is 1.13 bits per heavy atom. The minimum Gasteiger partial charge on any atom is -0.481 e. The normalized spacial score (nSPS) is 43.2. The van der Waals surface area contributed by atoms with Crippen LogP contribution < -0.4 is 0 Å². The van der Waals surface area contributed by atoms with Gasteiger partial charge in [-0.3, -0.25) is 19.2 Å². The highest BCUT2D eigenvalue weighted by Crippen LogP contribution is 2.60. The molecule has 0 aromatic heterocycles. The molecule has 1 unspecified atom stereocenters. The van der Waals surface area contributed by atoms with E-state index in [4.69, 9.17) is 5.11 Å². The number of rotatable bonds is 3. The monoisotopic (exact) mass is 320 g/mol. The van der Waals surface area contributed by atoms with Crippen LogP contribution in [0.4, 0.5) is 0 Å². The lowest BCUT2D eigenvalue weighted by molar-refractivity contribution is -0.160. The third-order valence-electron chi connectivity index (χ3n) is 6.86. The van der Waals surface area contributed by atoms with E-state index in [1.54, 1.807) is 6.92 Å². The van der Waals surface area contributed by atoms with Crippen LogP contribution in [0.5, 0.6) is 0 Å². The van der Waals surface area contributed by atoms with Gasteiger partial charge in [0.2, 0.25) is 0 Å². The summed E-state index contributed by atoms with van der Waals surface area (Å²) in [5.74, 6) is -0.957. The molecule has 3 aliphatic carbocycles. The van der Waals surface area contributed by atoms with Gasteiger partial charge in [0.1, 0.15) is 17.3 Å². The predicted octanol–water partition coefficient (Wildman–Crippen LogP) is 2.41. The summed E-state index contributed by atoms with van der Waals surface area (Å²) in [5, 5.41) is 8.99. The minimum atomic E-state index is -0.940. The summed E-state index contributed by atoms with van der Waals surface area (Å²) in [4.78, 5) is 48.7. The molecule has 0 aromatic carbocycles.